The second-order valence-electron chi connectivity index (χ2n) is 5.04. The molecule has 2 heterocycles. The minimum absolute atomic E-state index is 0.0285. The van der Waals surface area contributed by atoms with Gasteiger partial charge >= 0.3 is 6.18 Å². The zero-order valence-electron chi connectivity index (χ0n) is 10.2. The van der Waals surface area contributed by atoms with E-state index in [9.17, 15) is 18.0 Å². The molecule has 2 fully saturated rings. The molecule has 0 saturated carbocycles. The normalized spacial score (nSPS) is 26.6. The average Bonchev–Trinajstić information content (AvgIpc) is 2.81. The van der Waals surface area contributed by atoms with Gasteiger partial charge in [-0.15, -0.1) is 0 Å². The lowest BCUT2D eigenvalue weighted by molar-refractivity contribution is -0.186. The first kappa shape index (κ1) is 13.6. The number of alkyl halides is 3. The van der Waals surface area contributed by atoms with Crippen molar-refractivity contribution < 1.29 is 22.7 Å². The van der Waals surface area contributed by atoms with E-state index >= 15 is 0 Å². The monoisotopic (exact) mass is 265 g/mol. The molecule has 0 N–H and O–H groups in total. The minimum Gasteiger partial charge on any atom is -0.378 e. The summed E-state index contributed by atoms with van der Waals surface area (Å²) in [5.41, 5.74) is 0. The number of likely N-dealkylation sites (tertiary alicyclic amines) is 1. The van der Waals surface area contributed by atoms with Crippen LogP contribution in [0.3, 0.4) is 0 Å². The molecule has 104 valence electrons. The van der Waals surface area contributed by atoms with Crippen LogP contribution >= 0.6 is 0 Å². The fourth-order valence-corrected chi connectivity index (χ4v) is 2.59. The van der Waals surface area contributed by atoms with Gasteiger partial charge in [0.15, 0.2) is 0 Å². The second kappa shape index (κ2) is 5.47. The third-order valence-electron chi connectivity index (χ3n) is 3.74. The van der Waals surface area contributed by atoms with E-state index < -0.39 is 12.1 Å². The zero-order chi connectivity index (χ0) is 13.2. The summed E-state index contributed by atoms with van der Waals surface area (Å²) in [6.07, 6.45) is -1.93. The highest BCUT2D eigenvalue weighted by molar-refractivity contribution is 5.76. The van der Waals surface area contributed by atoms with Crippen molar-refractivity contribution in [2.45, 2.75) is 44.4 Å². The van der Waals surface area contributed by atoms with E-state index in [1.165, 1.54) is 0 Å². The molecule has 2 aliphatic heterocycles. The van der Waals surface area contributed by atoms with Gasteiger partial charge in [0, 0.05) is 19.7 Å². The van der Waals surface area contributed by atoms with Crippen molar-refractivity contribution >= 4 is 5.91 Å². The number of halogens is 3. The standard InChI is InChI=1S/C12H18F3NO2/c13-12(14,15)9-3-5-16(6-4-9)11(17)8-10-2-1-7-18-10/h9-10H,1-8H2. The van der Waals surface area contributed by atoms with Gasteiger partial charge in [-0.1, -0.05) is 0 Å². The van der Waals surface area contributed by atoms with Crippen LogP contribution in [-0.2, 0) is 9.53 Å². The molecule has 3 nitrogen and oxygen atoms in total. The Morgan fingerprint density at radius 2 is 1.89 bits per heavy atom. The number of nitrogens with zero attached hydrogens (tertiary/aromatic N) is 1. The summed E-state index contributed by atoms with van der Waals surface area (Å²) < 4.78 is 42.8. The number of carbonyl (C=O) groups excluding carboxylic acids is 1. The lowest BCUT2D eigenvalue weighted by Crippen LogP contribution is -2.42. The third kappa shape index (κ3) is 3.37. The Labute approximate surface area is 104 Å². The maximum absolute atomic E-state index is 12.5. The van der Waals surface area contributed by atoms with Gasteiger partial charge in [0.25, 0.3) is 0 Å². The molecular formula is C12H18F3NO2. The van der Waals surface area contributed by atoms with Crippen molar-refractivity contribution in [2.24, 2.45) is 5.92 Å². The number of ether oxygens (including phenoxy) is 1. The van der Waals surface area contributed by atoms with Crippen molar-refractivity contribution in [3.8, 4) is 0 Å². The molecule has 2 saturated heterocycles. The Bertz CT molecular complexity index is 292. The molecule has 2 rings (SSSR count). The van der Waals surface area contributed by atoms with Gasteiger partial charge in [0.05, 0.1) is 18.4 Å². The average molecular weight is 265 g/mol. The SMILES string of the molecule is O=C(CC1CCCO1)N1CCC(C(F)(F)F)CC1. The van der Waals surface area contributed by atoms with Crippen LogP contribution in [0.1, 0.15) is 32.1 Å². The molecule has 0 spiro atoms. The molecule has 0 bridgehead atoms. The quantitative estimate of drug-likeness (QED) is 0.767. The third-order valence-corrected chi connectivity index (χ3v) is 3.74. The Kier molecular flexibility index (Phi) is 4.14. The maximum Gasteiger partial charge on any atom is 0.391 e. The van der Waals surface area contributed by atoms with Crippen LogP contribution in [0, 0.1) is 5.92 Å². The van der Waals surface area contributed by atoms with Gasteiger partial charge in [-0.2, -0.15) is 13.2 Å². The minimum atomic E-state index is -4.12. The van der Waals surface area contributed by atoms with Gasteiger partial charge in [-0.25, -0.2) is 0 Å². The van der Waals surface area contributed by atoms with Crippen LogP contribution in [0.4, 0.5) is 13.2 Å². The van der Waals surface area contributed by atoms with E-state index in [2.05, 4.69) is 0 Å². The molecule has 0 radical (unpaired) electrons. The predicted molar refractivity (Wildman–Crippen MR) is 59.0 cm³/mol. The fraction of sp³-hybridized carbons (Fsp3) is 0.917. The first-order chi connectivity index (χ1) is 8.47. The van der Waals surface area contributed by atoms with Crippen LogP contribution in [0.5, 0.6) is 0 Å². The molecule has 6 heteroatoms. The molecule has 0 aliphatic carbocycles. The molecule has 2 aliphatic rings. The van der Waals surface area contributed by atoms with E-state index in [1.54, 1.807) is 4.90 Å². The molecular weight excluding hydrogens is 247 g/mol. The zero-order valence-corrected chi connectivity index (χ0v) is 10.2. The van der Waals surface area contributed by atoms with Crippen LogP contribution in [0.15, 0.2) is 0 Å². The predicted octanol–water partition coefficient (Wildman–Crippen LogP) is 2.36. The van der Waals surface area contributed by atoms with Crippen molar-refractivity contribution in [1.82, 2.24) is 4.90 Å². The van der Waals surface area contributed by atoms with Crippen LogP contribution in [0.2, 0.25) is 0 Å². The van der Waals surface area contributed by atoms with Crippen LogP contribution in [0.25, 0.3) is 0 Å². The van der Waals surface area contributed by atoms with Crippen molar-refractivity contribution in [2.75, 3.05) is 19.7 Å². The van der Waals surface area contributed by atoms with E-state index in [1.807, 2.05) is 0 Å². The number of hydrogen-bond acceptors (Lipinski definition) is 2. The fourth-order valence-electron chi connectivity index (χ4n) is 2.59. The number of rotatable bonds is 2. The van der Waals surface area contributed by atoms with Gasteiger partial charge in [0.2, 0.25) is 5.91 Å². The van der Waals surface area contributed by atoms with Crippen molar-refractivity contribution in [3.05, 3.63) is 0 Å². The van der Waals surface area contributed by atoms with E-state index in [0.717, 1.165) is 12.8 Å². The molecule has 18 heavy (non-hydrogen) atoms. The van der Waals surface area contributed by atoms with Gasteiger partial charge < -0.3 is 9.64 Å². The van der Waals surface area contributed by atoms with Gasteiger partial charge in [0.1, 0.15) is 0 Å². The number of piperidine rings is 1. The molecule has 1 unspecified atom stereocenters. The van der Waals surface area contributed by atoms with Gasteiger partial charge in [-0.05, 0) is 25.7 Å². The summed E-state index contributed by atoms with van der Waals surface area (Å²) in [7, 11) is 0. The summed E-state index contributed by atoms with van der Waals surface area (Å²) in [4.78, 5) is 13.4. The Balaban J connectivity index is 1.76. The van der Waals surface area contributed by atoms with Crippen LogP contribution in [-0.4, -0.2) is 42.8 Å². The second-order valence-corrected chi connectivity index (χ2v) is 5.04. The number of amides is 1. The van der Waals surface area contributed by atoms with E-state index in [4.69, 9.17) is 4.74 Å². The first-order valence-corrected chi connectivity index (χ1v) is 6.43. The number of hydrogen-bond donors (Lipinski definition) is 0. The number of carbonyl (C=O) groups is 1. The highest BCUT2D eigenvalue weighted by atomic mass is 19.4. The highest BCUT2D eigenvalue weighted by Gasteiger charge is 2.41. The lowest BCUT2D eigenvalue weighted by Gasteiger charge is -2.33. The first-order valence-electron chi connectivity index (χ1n) is 6.43. The Morgan fingerprint density at radius 3 is 2.39 bits per heavy atom. The highest BCUT2D eigenvalue weighted by Crippen LogP contribution is 2.34. The summed E-state index contributed by atoms with van der Waals surface area (Å²) in [5, 5.41) is 0. The smallest absolute Gasteiger partial charge is 0.378 e. The summed E-state index contributed by atoms with van der Waals surface area (Å²) in [5.74, 6) is -1.31. The topological polar surface area (TPSA) is 29.5 Å². The van der Waals surface area contributed by atoms with Crippen molar-refractivity contribution in [1.29, 1.82) is 0 Å². The maximum atomic E-state index is 12.5. The molecule has 0 aromatic carbocycles. The summed E-state index contributed by atoms with van der Waals surface area (Å²) >= 11 is 0. The molecule has 0 aromatic rings. The molecule has 1 atom stereocenters. The Hall–Kier alpha value is -0.780. The lowest BCUT2D eigenvalue weighted by atomic mass is 9.96. The van der Waals surface area contributed by atoms with Crippen molar-refractivity contribution in [3.63, 3.8) is 0 Å². The van der Waals surface area contributed by atoms with E-state index in [-0.39, 0.29) is 37.9 Å². The molecule has 1 amide bonds. The molecule has 0 aromatic heterocycles. The van der Waals surface area contributed by atoms with Gasteiger partial charge in [-0.3, -0.25) is 4.79 Å². The van der Waals surface area contributed by atoms with Crippen LogP contribution < -0.4 is 0 Å². The summed E-state index contributed by atoms with van der Waals surface area (Å²) in [6.45, 7) is 1.12. The Morgan fingerprint density at radius 1 is 1.22 bits per heavy atom. The summed E-state index contributed by atoms with van der Waals surface area (Å²) in [6, 6.07) is 0. The van der Waals surface area contributed by atoms with E-state index in [0.29, 0.717) is 13.0 Å². The largest absolute Gasteiger partial charge is 0.391 e.